The monoisotopic (exact) mass is 381 g/mol. The molecule has 0 saturated carbocycles. The van der Waals surface area contributed by atoms with E-state index in [0.717, 1.165) is 5.56 Å². The molecule has 0 spiro atoms. The van der Waals surface area contributed by atoms with E-state index in [4.69, 9.17) is 14.6 Å². The number of nitrogens with zero attached hydrogens (tertiary/aromatic N) is 3. The zero-order chi connectivity index (χ0) is 19.4. The average Bonchev–Trinajstić information content (AvgIpc) is 2.90. The van der Waals surface area contributed by atoms with Crippen LogP contribution < -0.4 is 4.74 Å². The van der Waals surface area contributed by atoms with Crippen molar-refractivity contribution in [3.8, 4) is 5.88 Å². The van der Waals surface area contributed by atoms with Gasteiger partial charge in [0.1, 0.15) is 11.4 Å². The van der Waals surface area contributed by atoms with Crippen LogP contribution in [0.5, 0.6) is 5.88 Å². The Morgan fingerprint density at radius 1 is 1.27 bits per heavy atom. The van der Waals surface area contributed by atoms with E-state index in [9.17, 15) is 9.59 Å². The minimum Gasteiger partial charge on any atom is -0.481 e. The largest absolute Gasteiger partial charge is 0.481 e. The summed E-state index contributed by atoms with van der Waals surface area (Å²) in [4.78, 5) is 35.4. The first-order valence-corrected chi connectivity index (χ1v) is 8.97. The van der Waals surface area contributed by atoms with Crippen molar-refractivity contribution in [2.24, 2.45) is 0 Å². The van der Waals surface area contributed by atoms with E-state index in [0.29, 0.717) is 26.8 Å². The maximum Gasteiger partial charge on any atom is 0.305 e. The summed E-state index contributed by atoms with van der Waals surface area (Å²) in [6, 6.07) is -0.122. The number of aliphatic carboxylic acids is 1. The van der Waals surface area contributed by atoms with E-state index in [1.54, 1.807) is 12.0 Å². The normalized spacial score (nSPS) is 11.2. The highest BCUT2D eigenvalue weighted by Gasteiger charge is 2.26. The SMILES string of the molecule is COCc1nc(OC)c2c(C)c(C(=O)N(CCC(=O)O)C(C)C)sc2n1. The van der Waals surface area contributed by atoms with Crippen LogP contribution in [-0.4, -0.2) is 58.7 Å². The molecular formula is C17H23N3O5S. The molecule has 9 heteroatoms. The van der Waals surface area contributed by atoms with Crippen molar-refractivity contribution in [2.45, 2.75) is 39.8 Å². The zero-order valence-electron chi connectivity index (χ0n) is 15.5. The summed E-state index contributed by atoms with van der Waals surface area (Å²) in [6.07, 6.45) is -0.102. The molecule has 0 aliphatic rings. The third kappa shape index (κ3) is 4.10. The molecule has 0 atom stereocenters. The van der Waals surface area contributed by atoms with Crippen LogP contribution in [0.1, 0.15) is 41.3 Å². The molecule has 0 fully saturated rings. The van der Waals surface area contributed by atoms with Gasteiger partial charge in [0.2, 0.25) is 5.88 Å². The number of aromatic nitrogens is 2. The van der Waals surface area contributed by atoms with Gasteiger partial charge >= 0.3 is 5.97 Å². The number of carboxylic acids is 1. The first-order valence-electron chi connectivity index (χ1n) is 8.15. The maximum atomic E-state index is 13.0. The van der Waals surface area contributed by atoms with Gasteiger partial charge in [0.05, 0.1) is 23.8 Å². The van der Waals surface area contributed by atoms with E-state index in [1.807, 2.05) is 20.8 Å². The molecule has 0 aliphatic heterocycles. The van der Waals surface area contributed by atoms with E-state index in [-0.39, 0.29) is 31.5 Å². The lowest BCUT2D eigenvalue weighted by Gasteiger charge is -2.25. The molecule has 1 N–H and O–H groups in total. The van der Waals surface area contributed by atoms with Crippen molar-refractivity contribution in [2.75, 3.05) is 20.8 Å². The predicted octanol–water partition coefficient (Wildman–Crippen LogP) is 2.48. The number of carbonyl (C=O) groups is 2. The van der Waals surface area contributed by atoms with Crippen molar-refractivity contribution >= 4 is 33.4 Å². The fourth-order valence-corrected chi connectivity index (χ4v) is 3.78. The van der Waals surface area contributed by atoms with Gasteiger partial charge in [-0.05, 0) is 26.3 Å². The first-order chi connectivity index (χ1) is 12.3. The molecule has 2 rings (SSSR count). The molecule has 8 nitrogen and oxygen atoms in total. The van der Waals surface area contributed by atoms with Gasteiger partial charge in [-0.2, -0.15) is 4.98 Å². The lowest BCUT2D eigenvalue weighted by molar-refractivity contribution is -0.137. The Morgan fingerprint density at radius 2 is 1.96 bits per heavy atom. The number of thiophene rings is 1. The molecule has 0 unspecified atom stereocenters. The highest BCUT2D eigenvalue weighted by molar-refractivity contribution is 7.20. The Kier molecular flexibility index (Phi) is 6.49. The van der Waals surface area contributed by atoms with Gasteiger partial charge in [0, 0.05) is 19.7 Å². The summed E-state index contributed by atoms with van der Waals surface area (Å²) in [7, 11) is 3.07. The minimum absolute atomic E-state index is 0.102. The highest BCUT2D eigenvalue weighted by atomic mass is 32.1. The number of carboxylic acid groups (broad SMARTS) is 1. The Bertz CT molecular complexity index is 818. The van der Waals surface area contributed by atoms with Gasteiger partial charge in [0.25, 0.3) is 5.91 Å². The van der Waals surface area contributed by atoms with Gasteiger partial charge in [-0.1, -0.05) is 0 Å². The second-order valence-electron chi connectivity index (χ2n) is 6.05. The molecule has 2 aromatic rings. The summed E-state index contributed by atoms with van der Waals surface area (Å²) in [6.45, 7) is 5.93. The zero-order valence-corrected chi connectivity index (χ0v) is 16.3. The highest BCUT2D eigenvalue weighted by Crippen LogP contribution is 2.36. The fraction of sp³-hybridized carbons (Fsp3) is 0.529. The van der Waals surface area contributed by atoms with Gasteiger partial charge in [-0.3, -0.25) is 9.59 Å². The van der Waals surface area contributed by atoms with E-state index < -0.39 is 5.97 Å². The quantitative estimate of drug-likeness (QED) is 0.749. The number of aryl methyl sites for hydroxylation is 1. The molecule has 2 heterocycles. The van der Waals surface area contributed by atoms with E-state index >= 15 is 0 Å². The van der Waals surface area contributed by atoms with Crippen molar-refractivity contribution in [1.29, 1.82) is 0 Å². The summed E-state index contributed by atoms with van der Waals surface area (Å²) in [5, 5.41) is 9.63. The van der Waals surface area contributed by atoms with Crippen molar-refractivity contribution in [1.82, 2.24) is 14.9 Å². The van der Waals surface area contributed by atoms with E-state index in [1.165, 1.54) is 18.4 Å². The number of fused-ring (bicyclic) bond motifs is 1. The second kappa shape index (κ2) is 8.41. The van der Waals surface area contributed by atoms with Gasteiger partial charge in [-0.15, -0.1) is 11.3 Å². The third-order valence-electron chi connectivity index (χ3n) is 3.92. The minimum atomic E-state index is -0.937. The van der Waals surface area contributed by atoms with Crippen LogP contribution in [-0.2, 0) is 16.1 Å². The molecule has 0 aliphatic carbocycles. The molecule has 1 amide bonds. The molecule has 0 radical (unpaired) electrons. The van der Waals surface area contributed by atoms with Crippen LogP contribution in [0.2, 0.25) is 0 Å². The summed E-state index contributed by atoms with van der Waals surface area (Å²) < 4.78 is 10.5. The van der Waals surface area contributed by atoms with Crippen LogP contribution in [0, 0.1) is 6.92 Å². The van der Waals surface area contributed by atoms with E-state index in [2.05, 4.69) is 9.97 Å². The third-order valence-corrected chi connectivity index (χ3v) is 5.09. The Labute approximate surface area is 155 Å². The molecule has 142 valence electrons. The van der Waals surface area contributed by atoms with Crippen LogP contribution in [0.3, 0.4) is 0 Å². The van der Waals surface area contributed by atoms with Crippen LogP contribution in [0.15, 0.2) is 0 Å². The Morgan fingerprint density at radius 3 is 2.50 bits per heavy atom. The Hall–Kier alpha value is -2.26. The van der Waals surface area contributed by atoms with Crippen molar-refractivity contribution in [3.05, 3.63) is 16.3 Å². The summed E-state index contributed by atoms with van der Waals surface area (Å²) in [5.74, 6) is -0.273. The van der Waals surface area contributed by atoms with Crippen LogP contribution in [0.25, 0.3) is 10.2 Å². The lowest BCUT2D eigenvalue weighted by atomic mass is 10.1. The number of carbonyl (C=O) groups excluding carboxylic acids is 1. The van der Waals surface area contributed by atoms with Crippen molar-refractivity contribution in [3.63, 3.8) is 0 Å². The van der Waals surface area contributed by atoms with Gasteiger partial charge in [0.15, 0.2) is 5.82 Å². The average molecular weight is 381 g/mol. The van der Waals surface area contributed by atoms with Gasteiger partial charge in [-0.25, -0.2) is 4.98 Å². The molecule has 0 aromatic carbocycles. The number of hydrogen-bond donors (Lipinski definition) is 1. The topological polar surface area (TPSA) is 102 Å². The second-order valence-corrected chi connectivity index (χ2v) is 7.05. The number of rotatable bonds is 8. The predicted molar refractivity (Wildman–Crippen MR) is 97.8 cm³/mol. The van der Waals surface area contributed by atoms with Crippen LogP contribution >= 0.6 is 11.3 Å². The van der Waals surface area contributed by atoms with Crippen molar-refractivity contribution < 1.29 is 24.2 Å². The standard InChI is InChI=1S/C17H23N3O5S/c1-9(2)20(7-6-12(21)22)17(23)14-10(3)13-15(25-5)18-11(8-24-4)19-16(13)26-14/h9H,6-8H2,1-5H3,(H,21,22). The molecule has 0 saturated heterocycles. The maximum absolute atomic E-state index is 13.0. The van der Waals surface area contributed by atoms with Gasteiger partial charge < -0.3 is 19.5 Å². The number of ether oxygens (including phenoxy) is 2. The smallest absolute Gasteiger partial charge is 0.305 e. The molecular weight excluding hydrogens is 358 g/mol. The summed E-state index contributed by atoms with van der Waals surface area (Å²) >= 11 is 1.26. The molecule has 2 aromatic heterocycles. The lowest BCUT2D eigenvalue weighted by Crippen LogP contribution is -2.38. The van der Waals surface area contributed by atoms with Crippen LogP contribution in [0.4, 0.5) is 0 Å². The summed E-state index contributed by atoms with van der Waals surface area (Å²) in [5.41, 5.74) is 0.733. The number of hydrogen-bond acceptors (Lipinski definition) is 7. The Balaban J connectivity index is 2.49. The molecule has 0 bridgehead atoms. The number of methoxy groups -OCH3 is 2. The first kappa shape index (κ1) is 20.1. The molecule has 26 heavy (non-hydrogen) atoms. The fourth-order valence-electron chi connectivity index (χ4n) is 2.63. The number of amides is 1.